The highest BCUT2D eigenvalue weighted by Gasteiger charge is 2.24. The van der Waals surface area contributed by atoms with E-state index in [1.54, 1.807) is 7.11 Å². The van der Waals surface area contributed by atoms with Crippen LogP contribution in [0.4, 0.5) is 0 Å². The molecule has 7 nitrogen and oxygen atoms in total. The van der Waals surface area contributed by atoms with Crippen molar-refractivity contribution in [3.05, 3.63) is 71.2 Å². The highest BCUT2D eigenvalue weighted by atomic mass is 32.2. The number of H-pyrrole nitrogens is 1. The smallest absolute Gasteiger partial charge is 0.277 e. The highest BCUT2D eigenvalue weighted by Crippen LogP contribution is 2.28. The second-order valence-electron chi connectivity index (χ2n) is 7.47. The number of ether oxygens (including phenoxy) is 1. The second kappa shape index (κ2) is 8.47. The van der Waals surface area contributed by atoms with Crippen molar-refractivity contribution in [3.8, 4) is 5.75 Å². The van der Waals surface area contributed by atoms with E-state index in [-0.39, 0.29) is 11.7 Å². The van der Waals surface area contributed by atoms with Crippen LogP contribution in [-0.2, 0) is 24.2 Å². The van der Waals surface area contributed by atoms with Crippen LogP contribution in [0, 0.1) is 0 Å². The third kappa shape index (κ3) is 4.16. The van der Waals surface area contributed by atoms with Gasteiger partial charge in [0.25, 0.3) is 5.22 Å². The average Bonchev–Trinajstić information content (AvgIpc) is 3.41. The molecule has 158 valence electrons. The van der Waals surface area contributed by atoms with Gasteiger partial charge < -0.3 is 19.0 Å². The summed E-state index contributed by atoms with van der Waals surface area (Å²) < 4.78 is 10.9. The van der Waals surface area contributed by atoms with Crippen molar-refractivity contribution in [1.82, 2.24) is 20.1 Å². The van der Waals surface area contributed by atoms with Crippen LogP contribution in [0.25, 0.3) is 10.9 Å². The number of aromatic nitrogens is 3. The number of rotatable bonds is 6. The van der Waals surface area contributed by atoms with E-state index in [1.165, 1.54) is 28.4 Å². The maximum atomic E-state index is 12.8. The SMILES string of the molecule is COc1ccc(Cc2nnc(SCC(=O)N3CCc4[nH]c5ccccc5c4C3)o2)cc1. The van der Waals surface area contributed by atoms with Crippen molar-refractivity contribution in [3.63, 3.8) is 0 Å². The Balaban J connectivity index is 1.18. The van der Waals surface area contributed by atoms with Crippen molar-refractivity contribution in [2.24, 2.45) is 0 Å². The molecule has 1 N–H and O–H groups in total. The number of nitrogens with one attached hydrogen (secondary N) is 1. The quantitative estimate of drug-likeness (QED) is 0.465. The maximum Gasteiger partial charge on any atom is 0.277 e. The normalized spacial score (nSPS) is 13.4. The lowest BCUT2D eigenvalue weighted by Gasteiger charge is -2.27. The monoisotopic (exact) mass is 434 g/mol. The summed E-state index contributed by atoms with van der Waals surface area (Å²) in [5.74, 6) is 1.70. The molecule has 3 heterocycles. The molecular weight excluding hydrogens is 412 g/mol. The number of fused-ring (bicyclic) bond motifs is 3. The number of thioether (sulfide) groups is 1. The van der Waals surface area contributed by atoms with Crippen molar-refractivity contribution in [1.29, 1.82) is 0 Å². The molecule has 31 heavy (non-hydrogen) atoms. The Morgan fingerprint density at radius 1 is 1.19 bits per heavy atom. The Morgan fingerprint density at radius 3 is 2.87 bits per heavy atom. The van der Waals surface area contributed by atoms with Gasteiger partial charge in [-0.25, -0.2) is 0 Å². The van der Waals surface area contributed by atoms with E-state index < -0.39 is 0 Å². The molecule has 4 aromatic rings. The van der Waals surface area contributed by atoms with Crippen LogP contribution in [-0.4, -0.2) is 45.4 Å². The van der Waals surface area contributed by atoms with E-state index in [0.717, 1.165) is 23.3 Å². The predicted octanol–water partition coefficient (Wildman–Crippen LogP) is 3.83. The Morgan fingerprint density at radius 2 is 2.03 bits per heavy atom. The van der Waals surface area contributed by atoms with E-state index in [9.17, 15) is 4.79 Å². The first-order chi connectivity index (χ1) is 15.2. The fourth-order valence-electron chi connectivity index (χ4n) is 3.88. The van der Waals surface area contributed by atoms with Crippen LogP contribution in [0.5, 0.6) is 5.75 Å². The van der Waals surface area contributed by atoms with E-state index in [4.69, 9.17) is 9.15 Å². The minimum absolute atomic E-state index is 0.0795. The number of nitrogens with zero attached hydrogens (tertiary/aromatic N) is 3. The highest BCUT2D eigenvalue weighted by molar-refractivity contribution is 7.99. The van der Waals surface area contributed by atoms with Gasteiger partial charge in [0.15, 0.2) is 0 Å². The van der Waals surface area contributed by atoms with Crippen LogP contribution in [0.3, 0.4) is 0 Å². The molecule has 0 spiro atoms. The molecule has 2 aromatic heterocycles. The first-order valence-corrected chi connectivity index (χ1v) is 11.1. The zero-order valence-electron chi connectivity index (χ0n) is 17.1. The molecule has 0 saturated heterocycles. The molecule has 1 amide bonds. The van der Waals surface area contributed by atoms with Gasteiger partial charge in [-0.2, -0.15) is 0 Å². The zero-order valence-corrected chi connectivity index (χ0v) is 17.9. The number of carbonyl (C=O) groups is 1. The molecule has 0 atom stereocenters. The molecule has 1 aliphatic heterocycles. The third-order valence-corrected chi connectivity index (χ3v) is 6.32. The summed E-state index contributed by atoms with van der Waals surface area (Å²) in [5.41, 5.74) is 4.64. The van der Waals surface area contributed by atoms with Crippen molar-refractivity contribution >= 4 is 28.6 Å². The number of para-hydroxylation sites is 1. The van der Waals surface area contributed by atoms with Crippen LogP contribution in [0.15, 0.2) is 58.2 Å². The van der Waals surface area contributed by atoms with Crippen LogP contribution < -0.4 is 4.74 Å². The first kappa shape index (κ1) is 19.7. The van der Waals surface area contributed by atoms with Crippen molar-refractivity contribution in [2.45, 2.75) is 24.6 Å². The van der Waals surface area contributed by atoms with Gasteiger partial charge in [-0.05, 0) is 23.8 Å². The van der Waals surface area contributed by atoms with E-state index >= 15 is 0 Å². The lowest BCUT2D eigenvalue weighted by atomic mass is 10.0. The predicted molar refractivity (Wildman–Crippen MR) is 118 cm³/mol. The summed E-state index contributed by atoms with van der Waals surface area (Å²) in [7, 11) is 1.64. The average molecular weight is 435 g/mol. The summed E-state index contributed by atoms with van der Waals surface area (Å²) in [6.45, 7) is 1.34. The number of hydrogen-bond donors (Lipinski definition) is 1. The molecule has 0 radical (unpaired) electrons. The second-order valence-corrected chi connectivity index (χ2v) is 8.39. The van der Waals surface area contributed by atoms with Gasteiger partial charge >= 0.3 is 0 Å². The molecule has 0 fully saturated rings. The lowest BCUT2D eigenvalue weighted by Crippen LogP contribution is -2.36. The topological polar surface area (TPSA) is 84.3 Å². The molecule has 5 rings (SSSR count). The summed E-state index contributed by atoms with van der Waals surface area (Å²) in [6, 6.07) is 16.0. The van der Waals surface area contributed by atoms with Crippen molar-refractivity contribution < 1.29 is 13.9 Å². The Labute approximate surface area is 183 Å². The number of amides is 1. The van der Waals surface area contributed by atoms with Gasteiger partial charge in [0.1, 0.15) is 5.75 Å². The number of carbonyl (C=O) groups excluding carboxylic acids is 1. The molecule has 8 heteroatoms. The Hall–Kier alpha value is -3.26. The molecule has 0 unspecified atom stereocenters. The lowest BCUT2D eigenvalue weighted by molar-refractivity contribution is -0.129. The third-order valence-electron chi connectivity index (χ3n) is 5.52. The van der Waals surface area contributed by atoms with Gasteiger partial charge in [-0.15, -0.1) is 10.2 Å². The molecule has 0 bridgehead atoms. The fourth-order valence-corrected chi connectivity index (χ4v) is 4.56. The van der Waals surface area contributed by atoms with Gasteiger partial charge in [0.2, 0.25) is 11.8 Å². The molecule has 0 saturated carbocycles. The number of aromatic amines is 1. The molecule has 0 aliphatic carbocycles. The zero-order chi connectivity index (χ0) is 21.2. The van der Waals surface area contributed by atoms with Gasteiger partial charge in [-0.3, -0.25) is 4.79 Å². The largest absolute Gasteiger partial charge is 0.497 e. The number of methoxy groups -OCH3 is 1. The minimum Gasteiger partial charge on any atom is -0.497 e. The molecule has 2 aromatic carbocycles. The minimum atomic E-state index is 0.0795. The Bertz CT molecular complexity index is 1220. The number of hydrogen-bond acceptors (Lipinski definition) is 6. The van der Waals surface area contributed by atoms with Gasteiger partial charge in [0, 0.05) is 41.7 Å². The van der Waals surface area contributed by atoms with Gasteiger partial charge in [0.05, 0.1) is 19.3 Å². The first-order valence-electron chi connectivity index (χ1n) is 10.1. The summed E-state index contributed by atoms with van der Waals surface area (Å²) in [6.07, 6.45) is 1.38. The number of benzene rings is 2. The Kier molecular flexibility index (Phi) is 5.38. The standard InChI is InChI=1S/C23H22N4O3S/c1-29-16-8-6-15(7-9-16)12-21-25-26-23(30-21)31-14-22(28)27-11-10-20-18(13-27)17-4-2-3-5-19(17)24-20/h2-9,24H,10-14H2,1H3. The van der Waals surface area contributed by atoms with Gasteiger partial charge in [-0.1, -0.05) is 42.1 Å². The van der Waals surface area contributed by atoms with E-state index in [1.807, 2.05) is 41.3 Å². The molecule has 1 aliphatic rings. The van der Waals surface area contributed by atoms with E-state index in [0.29, 0.717) is 30.6 Å². The van der Waals surface area contributed by atoms with Crippen molar-refractivity contribution in [2.75, 3.05) is 19.4 Å². The maximum absolute atomic E-state index is 12.8. The fraction of sp³-hybridized carbons (Fsp3) is 0.261. The summed E-state index contributed by atoms with van der Waals surface area (Å²) in [4.78, 5) is 18.2. The van der Waals surface area contributed by atoms with Crippen LogP contribution in [0.2, 0.25) is 0 Å². The summed E-state index contributed by atoms with van der Waals surface area (Å²) in [5, 5.41) is 9.80. The van der Waals surface area contributed by atoms with Crippen LogP contribution >= 0.6 is 11.8 Å². The summed E-state index contributed by atoms with van der Waals surface area (Å²) >= 11 is 1.29. The van der Waals surface area contributed by atoms with E-state index in [2.05, 4.69) is 27.3 Å². The van der Waals surface area contributed by atoms with Crippen LogP contribution in [0.1, 0.15) is 22.7 Å². The molecular formula is C23H22N4O3S.